The zero-order chi connectivity index (χ0) is 18.0. The number of para-hydroxylation sites is 1. The van der Waals surface area contributed by atoms with Crippen LogP contribution in [0.3, 0.4) is 0 Å². The van der Waals surface area contributed by atoms with Crippen LogP contribution in [0.4, 0.5) is 26.3 Å². The molecule has 0 atom stereocenters. The first-order chi connectivity index (χ1) is 11.1. The van der Waals surface area contributed by atoms with Gasteiger partial charge in [0.2, 0.25) is 0 Å². The Hall–Kier alpha value is -2.22. The molecule has 0 spiro atoms. The third kappa shape index (κ3) is 4.41. The molecule has 0 saturated heterocycles. The van der Waals surface area contributed by atoms with Crippen molar-refractivity contribution in [2.45, 2.75) is 19.0 Å². The number of hydrogen-bond acceptors (Lipinski definition) is 2. The van der Waals surface area contributed by atoms with Crippen molar-refractivity contribution in [1.82, 2.24) is 0 Å². The molecule has 24 heavy (non-hydrogen) atoms. The Morgan fingerprint density at radius 1 is 0.875 bits per heavy atom. The summed E-state index contributed by atoms with van der Waals surface area (Å²) in [5.74, 6) is -0.694. The standard InChI is InChI=1S/C16H13F6NO/c17-15(18,19)13-6-5-10(7-8-23)9-12(13)11-3-1-2-4-14(11)24-16(20,21)22/h1-6,9H,7-8,23H2. The first-order valence-electron chi connectivity index (χ1n) is 6.87. The SMILES string of the molecule is NCCc1ccc(C(F)(F)F)c(-c2ccccc2OC(F)(F)F)c1. The maximum Gasteiger partial charge on any atom is 0.573 e. The molecule has 0 fully saturated rings. The van der Waals surface area contributed by atoms with Crippen LogP contribution >= 0.6 is 0 Å². The van der Waals surface area contributed by atoms with Gasteiger partial charge in [0.15, 0.2) is 0 Å². The molecular formula is C16H13F6NO. The average Bonchev–Trinajstić information content (AvgIpc) is 2.45. The number of benzene rings is 2. The molecule has 2 aromatic carbocycles. The molecule has 0 heterocycles. The van der Waals surface area contributed by atoms with E-state index in [1.165, 1.54) is 24.3 Å². The molecule has 0 aromatic heterocycles. The van der Waals surface area contributed by atoms with E-state index in [2.05, 4.69) is 4.74 Å². The van der Waals surface area contributed by atoms with Gasteiger partial charge in [0.05, 0.1) is 5.56 Å². The van der Waals surface area contributed by atoms with Crippen LogP contribution in [0.25, 0.3) is 11.1 Å². The highest BCUT2D eigenvalue weighted by Gasteiger charge is 2.36. The van der Waals surface area contributed by atoms with Crippen molar-refractivity contribution in [2.24, 2.45) is 5.73 Å². The average molecular weight is 349 g/mol. The Morgan fingerprint density at radius 3 is 2.12 bits per heavy atom. The minimum atomic E-state index is -5.01. The summed E-state index contributed by atoms with van der Waals surface area (Å²) >= 11 is 0. The lowest BCUT2D eigenvalue weighted by Crippen LogP contribution is -2.18. The van der Waals surface area contributed by atoms with Gasteiger partial charge in [-0.25, -0.2) is 0 Å². The monoisotopic (exact) mass is 349 g/mol. The topological polar surface area (TPSA) is 35.2 Å². The van der Waals surface area contributed by atoms with E-state index < -0.39 is 23.9 Å². The Morgan fingerprint density at radius 2 is 1.54 bits per heavy atom. The zero-order valence-corrected chi connectivity index (χ0v) is 12.2. The summed E-state index contributed by atoms with van der Waals surface area (Å²) in [4.78, 5) is 0. The minimum Gasteiger partial charge on any atom is -0.405 e. The number of hydrogen-bond donors (Lipinski definition) is 1. The van der Waals surface area contributed by atoms with Crippen molar-refractivity contribution in [3.63, 3.8) is 0 Å². The number of alkyl halides is 6. The number of ether oxygens (including phenoxy) is 1. The molecule has 0 bridgehead atoms. The predicted molar refractivity (Wildman–Crippen MR) is 76.3 cm³/mol. The first kappa shape index (κ1) is 18.1. The van der Waals surface area contributed by atoms with E-state index in [4.69, 9.17) is 5.73 Å². The number of halogens is 6. The molecule has 2 nitrogen and oxygen atoms in total. The van der Waals surface area contributed by atoms with E-state index in [1.807, 2.05) is 0 Å². The minimum absolute atomic E-state index is 0.200. The molecule has 0 radical (unpaired) electrons. The highest BCUT2D eigenvalue weighted by atomic mass is 19.4. The van der Waals surface area contributed by atoms with Gasteiger partial charge in [0, 0.05) is 5.56 Å². The highest BCUT2D eigenvalue weighted by molar-refractivity contribution is 5.74. The fourth-order valence-electron chi connectivity index (χ4n) is 2.29. The second-order valence-corrected chi connectivity index (χ2v) is 4.96. The molecule has 8 heteroatoms. The lowest BCUT2D eigenvalue weighted by Gasteiger charge is -2.18. The van der Waals surface area contributed by atoms with Gasteiger partial charge in [-0.3, -0.25) is 0 Å². The molecule has 130 valence electrons. The van der Waals surface area contributed by atoms with E-state index in [9.17, 15) is 26.3 Å². The van der Waals surface area contributed by atoms with Crippen molar-refractivity contribution in [1.29, 1.82) is 0 Å². The molecule has 0 aliphatic heterocycles. The normalized spacial score (nSPS) is 12.3. The van der Waals surface area contributed by atoms with Gasteiger partial charge in [0.25, 0.3) is 0 Å². The maximum absolute atomic E-state index is 13.2. The molecule has 0 unspecified atom stereocenters. The van der Waals surface area contributed by atoms with Gasteiger partial charge in [-0.2, -0.15) is 13.2 Å². The fraction of sp³-hybridized carbons (Fsp3) is 0.250. The van der Waals surface area contributed by atoms with Gasteiger partial charge in [-0.05, 0) is 36.2 Å². The second-order valence-electron chi connectivity index (χ2n) is 4.96. The van der Waals surface area contributed by atoms with Crippen molar-refractivity contribution < 1.29 is 31.1 Å². The largest absolute Gasteiger partial charge is 0.573 e. The van der Waals surface area contributed by atoms with Gasteiger partial charge in [-0.15, -0.1) is 13.2 Å². The van der Waals surface area contributed by atoms with Gasteiger partial charge >= 0.3 is 12.5 Å². The third-order valence-electron chi connectivity index (χ3n) is 3.23. The van der Waals surface area contributed by atoms with Crippen LogP contribution in [-0.2, 0) is 12.6 Å². The van der Waals surface area contributed by atoms with E-state index in [-0.39, 0.29) is 17.7 Å². The lowest BCUT2D eigenvalue weighted by atomic mass is 9.95. The van der Waals surface area contributed by atoms with Crippen molar-refractivity contribution in [3.8, 4) is 16.9 Å². The summed E-state index contributed by atoms with van der Waals surface area (Å²) < 4.78 is 81.1. The summed E-state index contributed by atoms with van der Waals surface area (Å²) in [5.41, 5.74) is 4.17. The molecule has 2 aromatic rings. The van der Waals surface area contributed by atoms with Crippen LogP contribution < -0.4 is 10.5 Å². The smallest absolute Gasteiger partial charge is 0.405 e. The predicted octanol–water partition coefficient (Wildman–Crippen LogP) is 4.77. The molecule has 0 amide bonds. The Balaban J connectivity index is 2.64. The zero-order valence-electron chi connectivity index (χ0n) is 12.2. The van der Waals surface area contributed by atoms with E-state index >= 15 is 0 Å². The van der Waals surface area contributed by atoms with Gasteiger partial charge in [0.1, 0.15) is 5.75 Å². The highest BCUT2D eigenvalue weighted by Crippen LogP contribution is 2.41. The second kappa shape index (κ2) is 6.72. The van der Waals surface area contributed by atoms with Crippen LogP contribution in [0, 0.1) is 0 Å². The molecule has 2 rings (SSSR count). The quantitative estimate of drug-likeness (QED) is 0.807. The third-order valence-corrected chi connectivity index (χ3v) is 3.23. The molecule has 0 aliphatic carbocycles. The van der Waals surface area contributed by atoms with Crippen LogP contribution in [0.15, 0.2) is 42.5 Å². The summed E-state index contributed by atoms with van der Waals surface area (Å²) in [5, 5.41) is 0. The maximum atomic E-state index is 13.2. The van der Waals surface area contributed by atoms with Gasteiger partial charge < -0.3 is 10.5 Å². The lowest BCUT2D eigenvalue weighted by molar-refractivity contribution is -0.274. The Kier molecular flexibility index (Phi) is 5.08. The first-order valence-corrected chi connectivity index (χ1v) is 6.87. The van der Waals surface area contributed by atoms with Crippen LogP contribution in [0.5, 0.6) is 5.75 Å². The molecule has 0 aliphatic rings. The summed E-state index contributed by atoms with van der Waals surface area (Å²) in [6.07, 6.45) is -9.43. The molecule has 2 N–H and O–H groups in total. The van der Waals surface area contributed by atoms with E-state index in [0.29, 0.717) is 12.0 Å². The molecular weight excluding hydrogens is 336 g/mol. The van der Waals surface area contributed by atoms with Crippen LogP contribution in [-0.4, -0.2) is 12.9 Å². The number of nitrogens with two attached hydrogens (primary N) is 1. The Bertz CT molecular complexity index is 708. The Labute approximate surface area is 133 Å². The summed E-state index contributed by atoms with van der Waals surface area (Å²) in [7, 11) is 0. The van der Waals surface area contributed by atoms with E-state index in [1.54, 1.807) is 0 Å². The van der Waals surface area contributed by atoms with Crippen molar-refractivity contribution in [3.05, 3.63) is 53.6 Å². The van der Waals surface area contributed by atoms with Gasteiger partial charge in [-0.1, -0.05) is 30.3 Å². The number of rotatable bonds is 4. The summed E-state index contributed by atoms with van der Waals surface area (Å²) in [6, 6.07) is 8.00. The van der Waals surface area contributed by atoms with Crippen molar-refractivity contribution >= 4 is 0 Å². The van der Waals surface area contributed by atoms with E-state index in [0.717, 1.165) is 18.2 Å². The van der Waals surface area contributed by atoms with Crippen molar-refractivity contribution in [2.75, 3.05) is 6.54 Å². The van der Waals surface area contributed by atoms with Crippen LogP contribution in [0.1, 0.15) is 11.1 Å². The fourth-order valence-corrected chi connectivity index (χ4v) is 2.29. The van der Waals surface area contributed by atoms with Crippen LogP contribution in [0.2, 0.25) is 0 Å². The summed E-state index contributed by atoms with van der Waals surface area (Å²) in [6.45, 7) is 0.200. The molecule has 0 saturated carbocycles.